The van der Waals surface area contributed by atoms with Crippen LogP contribution < -0.4 is 4.72 Å². The lowest BCUT2D eigenvalue weighted by Crippen LogP contribution is -2.15. The monoisotopic (exact) mass is 411 g/mol. The standard InChI is InChI=1S/C24H29NO3S/c1-15-6-11-22-19(12-15)20-14-21(16(2)13-23(20)28-22)25-29(26,27)18-9-7-17(8-10-18)24(3,4)5/h7-10,13-15,25H,6,11-12H2,1-5H3. The molecule has 5 heteroatoms. The Hall–Kier alpha value is -2.27. The van der Waals surface area contributed by atoms with Crippen LogP contribution in [0.5, 0.6) is 0 Å². The second-order valence-corrected chi connectivity index (χ2v) is 11.1. The summed E-state index contributed by atoms with van der Waals surface area (Å²) in [5.41, 5.74) is 4.63. The van der Waals surface area contributed by atoms with E-state index in [-0.39, 0.29) is 10.3 Å². The van der Waals surface area contributed by atoms with Crippen molar-refractivity contribution in [1.29, 1.82) is 0 Å². The molecule has 0 amide bonds. The molecule has 0 saturated carbocycles. The number of fused-ring (bicyclic) bond motifs is 3. The van der Waals surface area contributed by atoms with E-state index in [4.69, 9.17) is 4.42 Å². The summed E-state index contributed by atoms with van der Waals surface area (Å²) in [6.45, 7) is 10.5. The Morgan fingerprint density at radius 3 is 2.45 bits per heavy atom. The van der Waals surface area contributed by atoms with Gasteiger partial charge in [0.2, 0.25) is 0 Å². The highest BCUT2D eigenvalue weighted by molar-refractivity contribution is 7.92. The van der Waals surface area contributed by atoms with Crippen LogP contribution in [-0.4, -0.2) is 8.42 Å². The van der Waals surface area contributed by atoms with E-state index >= 15 is 0 Å². The van der Waals surface area contributed by atoms with Crippen LogP contribution in [0.2, 0.25) is 0 Å². The van der Waals surface area contributed by atoms with Gasteiger partial charge >= 0.3 is 0 Å². The lowest BCUT2D eigenvalue weighted by Gasteiger charge is -2.19. The van der Waals surface area contributed by atoms with E-state index in [1.807, 2.05) is 31.2 Å². The molecule has 4 nitrogen and oxygen atoms in total. The fourth-order valence-corrected chi connectivity index (χ4v) is 5.17. The van der Waals surface area contributed by atoms with E-state index in [2.05, 4.69) is 32.4 Å². The van der Waals surface area contributed by atoms with Gasteiger partial charge in [-0.3, -0.25) is 4.72 Å². The van der Waals surface area contributed by atoms with Gasteiger partial charge < -0.3 is 4.42 Å². The Labute approximate surface area is 173 Å². The van der Waals surface area contributed by atoms with Crippen LogP contribution in [0.15, 0.2) is 45.7 Å². The maximum atomic E-state index is 13.0. The van der Waals surface area contributed by atoms with Gasteiger partial charge in [0.25, 0.3) is 10.0 Å². The topological polar surface area (TPSA) is 59.3 Å². The van der Waals surface area contributed by atoms with Gasteiger partial charge in [-0.1, -0.05) is 39.8 Å². The molecule has 1 unspecified atom stereocenters. The molecule has 0 saturated heterocycles. The van der Waals surface area contributed by atoms with Crippen LogP contribution in [-0.2, 0) is 28.3 Å². The summed E-state index contributed by atoms with van der Waals surface area (Å²) in [6, 6.07) is 11.0. The SMILES string of the molecule is Cc1cc2oc3c(c2cc1NS(=O)(=O)c1ccc(C(C)(C)C)cc1)CC(C)CC3. The molecule has 0 fully saturated rings. The minimum absolute atomic E-state index is 0.0190. The highest BCUT2D eigenvalue weighted by Gasteiger charge is 2.24. The molecule has 0 bridgehead atoms. The largest absolute Gasteiger partial charge is 0.461 e. The lowest BCUT2D eigenvalue weighted by molar-refractivity contribution is 0.438. The maximum Gasteiger partial charge on any atom is 0.261 e. The Kier molecular flexibility index (Phi) is 4.77. The summed E-state index contributed by atoms with van der Waals surface area (Å²) >= 11 is 0. The van der Waals surface area contributed by atoms with Crippen molar-refractivity contribution < 1.29 is 12.8 Å². The summed E-state index contributed by atoms with van der Waals surface area (Å²) in [7, 11) is -3.66. The third-order valence-electron chi connectivity index (χ3n) is 5.91. The average molecular weight is 412 g/mol. The van der Waals surface area contributed by atoms with Crippen molar-refractivity contribution in [1.82, 2.24) is 0 Å². The van der Waals surface area contributed by atoms with Crippen LogP contribution >= 0.6 is 0 Å². The summed E-state index contributed by atoms with van der Waals surface area (Å²) < 4.78 is 34.8. The first-order valence-electron chi connectivity index (χ1n) is 10.2. The van der Waals surface area contributed by atoms with Gasteiger partial charge in [0, 0.05) is 17.4 Å². The normalized spacial score (nSPS) is 17.3. The van der Waals surface area contributed by atoms with Gasteiger partial charge in [-0.05, 0) is 66.5 Å². The van der Waals surface area contributed by atoms with Crippen molar-refractivity contribution in [2.24, 2.45) is 5.92 Å². The van der Waals surface area contributed by atoms with Crippen molar-refractivity contribution in [3.05, 3.63) is 58.8 Å². The fourth-order valence-electron chi connectivity index (χ4n) is 4.05. The minimum atomic E-state index is -3.66. The quantitative estimate of drug-likeness (QED) is 0.578. The molecule has 4 rings (SSSR count). The summed E-state index contributed by atoms with van der Waals surface area (Å²) in [5.74, 6) is 1.67. The molecule has 1 aliphatic rings. The van der Waals surface area contributed by atoms with Gasteiger partial charge in [-0.2, -0.15) is 0 Å². The molecule has 3 aromatic rings. The Morgan fingerprint density at radius 1 is 1.10 bits per heavy atom. The van der Waals surface area contributed by atoms with Crippen molar-refractivity contribution in [3.8, 4) is 0 Å². The highest BCUT2D eigenvalue weighted by atomic mass is 32.2. The van der Waals surface area contributed by atoms with Crippen molar-refractivity contribution >= 4 is 26.7 Å². The van der Waals surface area contributed by atoms with E-state index in [9.17, 15) is 8.42 Å². The minimum Gasteiger partial charge on any atom is -0.461 e. The number of hydrogen-bond donors (Lipinski definition) is 1. The van der Waals surface area contributed by atoms with Gasteiger partial charge in [-0.25, -0.2) is 8.42 Å². The highest BCUT2D eigenvalue weighted by Crippen LogP contribution is 2.37. The number of sulfonamides is 1. The predicted molar refractivity (Wildman–Crippen MR) is 118 cm³/mol. The van der Waals surface area contributed by atoms with Crippen LogP contribution in [0.4, 0.5) is 5.69 Å². The van der Waals surface area contributed by atoms with Crippen LogP contribution in [0.25, 0.3) is 11.0 Å². The van der Waals surface area contributed by atoms with Gasteiger partial charge in [0.05, 0.1) is 10.6 Å². The summed E-state index contributed by atoms with van der Waals surface area (Å²) in [5, 5.41) is 1.03. The second kappa shape index (κ2) is 6.91. The molecule has 1 aromatic heterocycles. The summed E-state index contributed by atoms with van der Waals surface area (Å²) in [4.78, 5) is 0.271. The average Bonchev–Trinajstić information content (AvgIpc) is 2.98. The molecule has 29 heavy (non-hydrogen) atoms. The molecule has 0 radical (unpaired) electrons. The van der Waals surface area contributed by atoms with E-state index in [0.29, 0.717) is 11.6 Å². The van der Waals surface area contributed by atoms with Crippen molar-refractivity contribution in [2.45, 2.75) is 64.2 Å². The predicted octanol–water partition coefficient (Wildman–Crippen LogP) is 5.96. The van der Waals surface area contributed by atoms with Crippen LogP contribution in [0.1, 0.15) is 56.6 Å². The molecule has 2 aromatic carbocycles. The second-order valence-electron chi connectivity index (χ2n) is 9.39. The Morgan fingerprint density at radius 2 is 1.79 bits per heavy atom. The number of benzene rings is 2. The van der Waals surface area contributed by atoms with E-state index in [1.54, 1.807) is 12.1 Å². The molecule has 1 heterocycles. The number of nitrogens with one attached hydrogen (secondary N) is 1. The maximum absolute atomic E-state index is 13.0. The van der Waals surface area contributed by atoms with Gasteiger partial charge in [0.15, 0.2) is 0 Å². The zero-order valence-electron chi connectivity index (χ0n) is 17.8. The molecule has 1 N–H and O–H groups in total. The molecule has 1 atom stereocenters. The molecular formula is C24H29NO3S. The first-order chi connectivity index (χ1) is 13.5. The van der Waals surface area contributed by atoms with E-state index in [1.165, 1.54) is 5.56 Å². The Balaban J connectivity index is 1.69. The number of aryl methyl sites for hydroxylation is 2. The third kappa shape index (κ3) is 3.80. The Bertz CT molecular complexity index is 1170. The van der Waals surface area contributed by atoms with E-state index < -0.39 is 10.0 Å². The van der Waals surface area contributed by atoms with E-state index in [0.717, 1.165) is 47.1 Å². The third-order valence-corrected chi connectivity index (χ3v) is 7.29. The first-order valence-corrected chi connectivity index (χ1v) is 11.7. The van der Waals surface area contributed by atoms with Crippen LogP contribution in [0, 0.1) is 12.8 Å². The molecule has 1 aliphatic carbocycles. The first kappa shape index (κ1) is 20.0. The molecule has 0 spiro atoms. The fraction of sp³-hybridized carbons (Fsp3) is 0.417. The molecular weight excluding hydrogens is 382 g/mol. The number of rotatable bonds is 3. The smallest absolute Gasteiger partial charge is 0.261 e. The zero-order chi connectivity index (χ0) is 21.0. The van der Waals surface area contributed by atoms with Crippen molar-refractivity contribution in [2.75, 3.05) is 4.72 Å². The summed E-state index contributed by atoms with van der Waals surface area (Å²) in [6.07, 6.45) is 3.06. The number of furan rings is 1. The number of hydrogen-bond acceptors (Lipinski definition) is 3. The zero-order valence-corrected chi connectivity index (χ0v) is 18.6. The van der Waals surface area contributed by atoms with Gasteiger partial charge in [-0.15, -0.1) is 0 Å². The van der Waals surface area contributed by atoms with Crippen LogP contribution in [0.3, 0.4) is 0 Å². The molecule has 154 valence electrons. The van der Waals surface area contributed by atoms with Crippen molar-refractivity contribution in [3.63, 3.8) is 0 Å². The lowest BCUT2D eigenvalue weighted by atomic mass is 9.87. The van der Waals surface area contributed by atoms with Gasteiger partial charge in [0.1, 0.15) is 11.3 Å². The number of anilines is 1. The molecule has 0 aliphatic heterocycles.